The van der Waals surface area contributed by atoms with Crippen LogP contribution in [-0.2, 0) is 26.3 Å². The number of benzene rings is 2. The van der Waals surface area contributed by atoms with E-state index in [1.807, 2.05) is 24.3 Å². The van der Waals surface area contributed by atoms with Crippen molar-refractivity contribution in [2.24, 2.45) is 0 Å². The molecule has 0 unspecified atom stereocenters. The number of halogens is 1. The smallest absolute Gasteiger partial charge is 0.325 e. The first-order valence-corrected chi connectivity index (χ1v) is 9.77. The van der Waals surface area contributed by atoms with Crippen molar-refractivity contribution >= 4 is 46.7 Å². The van der Waals surface area contributed by atoms with E-state index < -0.39 is 29.9 Å². The van der Waals surface area contributed by atoms with Gasteiger partial charge in [0.25, 0.3) is 5.91 Å². The van der Waals surface area contributed by atoms with Crippen LogP contribution in [0.4, 0.5) is 16.2 Å². The van der Waals surface area contributed by atoms with Gasteiger partial charge in [-0.3, -0.25) is 19.3 Å². The summed E-state index contributed by atoms with van der Waals surface area (Å²) in [7, 11) is 0. The number of carbonyl (C=O) groups is 4. The second kappa shape index (κ2) is 7.46. The number of fused-ring (bicyclic) bond motifs is 2. The molecule has 1 heterocycles. The van der Waals surface area contributed by atoms with Crippen molar-refractivity contribution in [1.82, 2.24) is 10.2 Å². The van der Waals surface area contributed by atoms with Crippen molar-refractivity contribution in [3.8, 4) is 0 Å². The molecule has 3 N–H and O–H groups in total. The molecule has 30 heavy (non-hydrogen) atoms. The molecule has 4 rings (SSSR count). The zero-order valence-electron chi connectivity index (χ0n) is 16.1. The van der Waals surface area contributed by atoms with Gasteiger partial charge in [0.1, 0.15) is 12.1 Å². The fourth-order valence-corrected chi connectivity index (χ4v) is 4.16. The molecular weight excluding hydrogens is 408 g/mol. The molecule has 0 saturated carbocycles. The van der Waals surface area contributed by atoms with E-state index in [1.54, 1.807) is 12.1 Å². The van der Waals surface area contributed by atoms with Crippen LogP contribution in [0.1, 0.15) is 24.5 Å². The molecule has 9 heteroatoms. The van der Waals surface area contributed by atoms with Crippen molar-refractivity contribution in [2.75, 3.05) is 17.2 Å². The predicted molar refractivity (Wildman–Crippen MR) is 111 cm³/mol. The standard InChI is InChI=1S/C21H19ClN4O4/c1-12(27)23-16-7-6-14(22)10-17(16)24-18(28)11-26-19(29)21(25-20(26)30)9-8-13-4-2-3-5-15(13)21/h2-7,10H,8-9,11H2,1H3,(H,23,27)(H,24,28)(H,25,30)/t21-/m0/s1. The van der Waals surface area contributed by atoms with Gasteiger partial charge in [-0.1, -0.05) is 35.9 Å². The number of imide groups is 1. The number of nitrogens with one attached hydrogen (secondary N) is 3. The average Bonchev–Trinajstić information content (AvgIpc) is 3.17. The first-order valence-electron chi connectivity index (χ1n) is 9.39. The maximum atomic E-state index is 13.1. The molecule has 2 aromatic rings. The first-order chi connectivity index (χ1) is 14.3. The number of rotatable bonds is 4. The maximum absolute atomic E-state index is 13.1. The highest BCUT2D eigenvalue weighted by atomic mass is 35.5. The molecule has 8 nitrogen and oxygen atoms in total. The Morgan fingerprint density at radius 1 is 1.13 bits per heavy atom. The normalized spacial score (nSPS) is 19.6. The number of amides is 5. The summed E-state index contributed by atoms with van der Waals surface area (Å²) in [6.45, 7) is 0.882. The Bertz CT molecular complexity index is 1090. The summed E-state index contributed by atoms with van der Waals surface area (Å²) < 4.78 is 0. The van der Waals surface area contributed by atoms with Crippen LogP contribution < -0.4 is 16.0 Å². The van der Waals surface area contributed by atoms with Crippen LogP contribution in [0.15, 0.2) is 42.5 Å². The lowest BCUT2D eigenvalue weighted by molar-refractivity contribution is -0.134. The molecule has 0 aromatic heterocycles. The lowest BCUT2D eigenvalue weighted by Gasteiger charge is -2.22. The highest BCUT2D eigenvalue weighted by Gasteiger charge is 2.55. The predicted octanol–water partition coefficient (Wildman–Crippen LogP) is 2.63. The monoisotopic (exact) mass is 426 g/mol. The maximum Gasteiger partial charge on any atom is 0.325 e. The molecule has 1 spiro atoms. The molecule has 1 aliphatic heterocycles. The van der Waals surface area contributed by atoms with Gasteiger partial charge in [0.05, 0.1) is 11.4 Å². The Morgan fingerprint density at radius 2 is 1.90 bits per heavy atom. The lowest BCUT2D eigenvalue weighted by Crippen LogP contribution is -2.43. The van der Waals surface area contributed by atoms with Gasteiger partial charge in [0.15, 0.2) is 0 Å². The molecule has 2 aromatic carbocycles. The summed E-state index contributed by atoms with van der Waals surface area (Å²) >= 11 is 5.99. The number of urea groups is 1. The third-order valence-electron chi connectivity index (χ3n) is 5.29. The molecular formula is C21H19ClN4O4. The fraction of sp³-hybridized carbons (Fsp3) is 0.238. The van der Waals surface area contributed by atoms with Gasteiger partial charge in [0, 0.05) is 11.9 Å². The van der Waals surface area contributed by atoms with Crippen molar-refractivity contribution in [2.45, 2.75) is 25.3 Å². The van der Waals surface area contributed by atoms with E-state index in [0.29, 0.717) is 23.6 Å². The van der Waals surface area contributed by atoms with Crippen molar-refractivity contribution in [3.05, 3.63) is 58.6 Å². The van der Waals surface area contributed by atoms with Crippen LogP contribution >= 0.6 is 11.6 Å². The Hall–Kier alpha value is -3.39. The van der Waals surface area contributed by atoms with E-state index in [0.717, 1.165) is 16.0 Å². The first kappa shape index (κ1) is 19.9. The Kier molecular flexibility index (Phi) is 4.95. The number of anilines is 2. The summed E-state index contributed by atoms with van der Waals surface area (Å²) in [6.07, 6.45) is 1.13. The van der Waals surface area contributed by atoms with E-state index in [2.05, 4.69) is 16.0 Å². The second-order valence-corrected chi connectivity index (χ2v) is 7.74. The topological polar surface area (TPSA) is 108 Å². The van der Waals surface area contributed by atoms with E-state index in [1.165, 1.54) is 13.0 Å². The second-order valence-electron chi connectivity index (χ2n) is 7.30. The lowest BCUT2D eigenvalue weighted by atomic mass is 9.92. The van der Waals surface area contributed by atoms with Crippen LogP contribution in [0.2, 0.25) is 5.02 Å². The number of nitrogens with zero attached hydrogens (tertiary/aromatic N) is 1. The minimum absolute atomic E-state index is 0.274. The van der Waals surface area contributed by atoms with Gasteiger partial charge in [-0.15, -0.1) is 0 Å². The molecule has 0 radical (unpaired) electrons. The minimum Gasteiger partial charge on any atom is -0.325 e. The van der Waals surface area contributed by atoms with Gasteiger partial charge in [-0.25, -0.2) is 4.79 Å². The quantitative estimate of drug-likeness (QED) is 0.653. The molecule has 1 fully saturated rings. The third-order valence-corrected chi connectivity index (χ3v) is 5.53. The largest absolute Gasteiger partial charge is 0.325 e. The fourth-order valence-electron chi connectivity index (χ4n) is 3.99. The SMILES string of the molecule is CC(=O)Nc1ccc(Cl)cc1NC(=O)CN1C(=O)N[C@]2(CCc3ccccc32)C1=O. The summed E-state index contributed by atoms with van der Waals surface area (Å²) in [5.74, 6) is -1.35. The number of hydrogen-bond donors (Lipinski definition) is 3. The highest BCUT2D eigenvalue weighted by molar-refractivity contribution is 6.31. The number of carbonyl (C=O) groups excluding carboxylic acids is 4. The zero-order valence-corrected chi connectivity index (χ0v) is 16.9. The Morgan fingerprint density at radius 3 is 2.67 bits per heavy atom. The molecule has 2 aliphatic rings. The highest BCUT2D eigenvalue weighted by Crippen LogP contribution is 2.41. The van der Waals surface area contributed by atoms with Gasteiger partial charge in [-0.05, 0) is 42.2 Å². The molecule has 1 atom stereocenters. The Labute approximate surface area is 177 Å². The molecule has 1 aliphatic carbocycles. The van der Waals surface area contributed by atoms with E-state index in [-0.39, 0.29) is 11.6 Å². The molecule has 154 valence electrons. The van der Waals surface area contributed by atoms with Gasteiger partial charge >= 0.3 is 6.03 Å². The van der Waals surface area contributed by atoms with Gasteiger partial charge < -0.3 is 16.0 Å². The van der Waals surface area contributed by atoms with Crippen molar-refractivity contribution < 1.29 is 19.2 Å². The number of aryl methyl sites for hydroxylation is 1. The zero-order chi connectivity index (χ0) is 21.5. The van der Waals surface area contributed by atoms with Crippen molar-refractivity contribution in [3.63, 3.8) is 0 Å². The summed E-state index contributed by atoms with van der Waals surface area (Å²) in [4.78, 5) is 50.6. The van der Waals surface area contributed by atoms with Gasteiger partial charge in [0.2, 0.25) is 11.8 Å². The summed E-state index contributed by atoms with van der Waals surface area (Å²) in [5.41, 5.74) is 1.30. The van der Waals surface area contributed by atoms with Crippen LogP contribution in [-0.4, -0.2) is 35.2 Å². The summed E-state index contributed by atoms with van der Waals surface area (Å²) in [6, 6.07) is 11.5. The Balaban J connectivity index is 1.53. The molecule has 0 bridgehead atoms. The van der Waals surface area contributed by atoms with E-state index >= 15 is 0 Å². The van der Waals surface area contributed by atoms with E-state index in [4.69, 9.17) is 11.6 Å². The minimum atomic E-state index is -1.12. The van der Waals surface area contributed by atoms with Gasteiger partial charge in [-0.2, -0.15) is 0 Å². The van der Waals surface area contributed by atoms with E-state index in [9.17, 15) is 19.2 Å². The van der Waals surface area contributed by atoms with Crippen molar-refractivity contribution in [1.29, 1.82) is 0 Å². The average molecular weight is 427 g/mol. The number of hydrogen-bond acceptors (Lipinski definition) is 4. The third kappa shape index (κ3) is 3.39. The summed E-state index contributed by atoms with van der Waals surface area (Å²) in [5, 5.41) is 8.34. The molecule has 1 saturated heterocycles. The van der Waals surface area contributed by atoms with Crippen LogP contribution in [0.3, 0.4) is 0 Å². The van der Waals surface area contributed by atoms with Crippen LogP contribution in [0.5, 0.6) is 0 Å². The molecule has 5 amide bonds. The van der Waals surface area contributed by atoms with Crippen LogP contribution in [0, 0.1) is 0 Å². The van der Waals surface area contributed by atoms with Crippen LogP contribution in [0.25, 0.3) is 0 Å².